The maximum Gasteiger partial charge on any atom is 0.270 e. The summed E-state index contributed by atoms with van der Waals surface area (Å²) in [5, 5.41) is 0. The summed E-state index contributed by atoms with van der Waals surface area (Å²) in [6.45, 7) is 3.59. The molecule has 5 nitrogen and oxygen atoms in total. The van der Waals surface area contributed by atoms with E-state index < -0.39 is 9.84 Å². The van der Waals surface area contributed by atoms with Gasteiger partial charge < -0.3 is 4.42 Å². The van der Waals surface area contributed by atoms with E-state index in [1.54, 1.807) is 0 Å². The average Bonchev–Trinajstić information content (AvgIpc) is 3.03. The summed E-state index contributed by atoms with van der Waals surface area (Å²) in [5.74, 6) is 0.539. The average molecular weight is 354 g/mol. The summed E-state index contributed by atoms with van der Waals surface area (Å²) in [5.41, 5.74) is 1.73. The lowest BCUT2D eigenvalue weighted by Crippen LogP contribution is -2.38. The Morgan fingerprint density at radius 2 is 2.17 bits per heavy atom. The summed E-state index contributed by atoms with van der Waals surface area (Å²) in [7, 11) is -2.90. The molecule has 0 amide bonds. The Labute approximate surface area is 141 Å². The Morgan fingerprint density at radius 3 is 2.87 bits per heavy atom. The number of oxazole rings is 1. The van der Waals surface area contributed by atoms with Crippen LogP contribution in [0.25, 0.3) is 11.1 Å². The molecular weight excluding hydrogens is 332 g/mol. The fourth-order valence-corrected chi connectivity index (χ4v) is 5.13. The Balaban J connectivity index is 1.88. The van der Waals surface area contributed by atoms with E-state index in [1.165, 1.54) is 0 Å². The van der Waals surface area contributed by atoms with Crippen LogP contribution in [0.5, 0.6) is 0 Å². The van der Waals surface area contributed by atoms with Crippen molar-refractivity contribution in [3.8, 4) is 0 Å². The lowest BCUT2D eigenvalue weighted by atomic mass is 10.2. The largest absolute Gasteiger partial charge is 0.429 e. The van der Waals surface area contributed by atoms with E-state index in [4.69, 9.17) is 16.6 Å². The van der Waals surface area contributed by atoms with Crippen LogP contribution < -0.4 is 0 Å². The van der Waals surface area contributed by atoms with Crippen molar-refractivity contribution in [1.82, 2.24) is 9.47 Å². The molecule has 0 saturated carbocycles. The lowest BCUT2D eigenvalue weighted by molar-refractivity contribution is 0.161. The number of unbranched alkanes of at least 4 members (excludes halogenated alkanes) is 1. The monoisotopic (exact) mass is 354 g/mol. The van der Waals surface area contributed by atoms with Gasteiger partial charge in [-0.3, -0.25) is 9.47 Å². The van der Waals surface area contributed by atoms with Gasteiger partial charge >= 0.3 is 0 Å². The minimum atomic E-state index is -2.90. The number of nitrogens with zero attached hydrogens (tertiary/aromatic N) is 2. The number of rotatable bonds is 6. The molecule has 1 fully saturated rings. The zero-order chi connectivity index (χ0) is 16.4. The van der Waals surface area contributed by atoms with Gasteiger partial charge in [0.25, 0.3) is 4.84 Å². The molecule has 23 heavy (non-hydrogen) atoms. The van der Waals surface area contributed by atoms with Crippen molar-refractivity contribution >= 4 is 33.2 Å². The van der Waals surface area contributed by atoms with Crippen molar-refractivity contribution < 1.29 is 12.8 Å². The zero-order valence-electron chi connectivity index (χ0n) is 13.3. The molecule has 1 unspecified atom stereocenters. The second kappa shape index (κ2) is 6.75. The fraction of sp³-hybridized carbons (Fsp3) is 0.562. The van der Waals surface area contributed by atoms with Crippen molar-refractivity contribution in [2.45, 2.75) is 38.9 Å². The van der Waals surface area contributed by atoms with Crippen molar-refractivity contribution in [2.24, 2.45) is 0 Å². The van der Waals surface area contributed by atoms with Crippen LogP contribution in [0.2, 0.25) is 0 Å². The molecule has 1 aliphatic rings. The van der Waals surface area contributed by atoms with Crippen molar-refractivity contribution in [3.05, 3.63) is 29.1 Å². The van der Waals surface area contributed by atoms with Gasteiger partial charge in [-0.05, 0) is 37.2 Å². The first-order chi connectivity index (χ1) is 11.0. The second-order valence-corrected chi connectivity index (χ2v) is 8.71. The zero-order valence-corrected chi connectivity index (χ0v) is 14.9. The molecule has 0 aliphatic carbocycles. The second-order valence-electron chi connectivity index (χ2n) is 6.13. The summed E-state index contributed by atoms with van der Waals surface area (Å²) in [6, 6.07) is 7.83. The van der Waals surface area contributed by atoms with E-state index in [0.29, 0.717) is 17.9 Å². The number of hydrogen-bond donors (Lipinski definition) is 0. The van der Waals surface area contributed by atoms with E-state index in [0.717, 1.165) is 30.5 Å². The molecule has 0 N–H and O–H groups in total. The van der Waals surface area contributed by atoms with Gasteiger partial charge in [0.15, 0.2) is 15.4 Å². The van der Waals surface area contributed by atoms with E-state index in [1.807, 2.05) is 28.8 Å². The predicted molar refractivity (Wildman–Crippen MR) is 93.7 cm³/mol. The van der Waals surface area contributed by atoms with Crippen LogP contribution in [0, 0.1) is 4.84 Å². The summed E-state index contributed by atoms with van der Waals surface area (Å²) >= 11 is 5.35. The minimum Gasteiger partial charge on any atom is -0.429 e. The molecule has 1 aromatic heterocycles. The van der Waals surface area contributed by atoms with Gasteiger partial charge in [-0.1, -0.05) is 25.5 Å². The van der Waals surface area contributed by atoms with Gasteiger partial charge in [0.1, 0.15) is 0 Å². The molecule has 0 bridgehead atoms. The molecule has 2 heterocycles. The molecule has 1 aromatic carbocycles. The molecule has 1 atom stereocenters. The third-order valence-electron chi connectivity index (χ3n) is 4.42. The number of fused-ring (bicyclic) bond motifs is 1. The molecule has 2 aromatic rings. The molecule has 7 heteroatoms. The van der Waals surface area contributed by atoms with Gasteiger partial charge in [0.05, 0.1) is 23.7 Å². The highest BCUT2D eigenvalue weighted by Crippen LogP contribution is 2.22. The number of sulfone groups is 1. The standard InChI is InChI=1S/C16H22N2O3S2/c1-2-3-9-17(13-8-10-23(19,20)11-13)12-18-14-6-4-5-7-15(14)21-16(18)22/h4-7,13H,2-3,8-12H2,1H3. The third-order valence-corrected chi connectivity index (χ3v) is 6.47. The van der Waals surface area contributed by atoms with Crippen LogP contribution in [0.1, 0.15) is 26.2 Å². The Bertz CT molecular complexity index is 838. The van der Waals surface area contributed by atoms with Gasteiger partial charge in [0, 0.05) is 12.6 Å². The first kappa shape index (κ1) is 16.7. The third kappa shape index (κ3) is 3.67. The minimum absolute atomic E-state index is 0.0714. The Morgan fingerprint density at radius 1 is 1.39 bits per heavy atom. The molecule has 126 valence electrons. The molecule has 0 radical (unpaired) electrons. The highest BCUT2D eigenvalue weighted by Gasteiger charge is 2.32. The summed E-state index contributed by atoms with van der Waals surface area (Å²) in [4.78, 5) is 2.68. The van der Waals surface area contributed by atoms with E-state index >= 15 is 0 Å². The molecule has 0 spiro atoms. The van der Waals surface area contributed by atoms with E-state index in [2.05, 4.69) is 11.8 Å². The quantitative estimate of drug-likeness (QED) is 0.746. The van der Waals surface area contributed by atoms with Crippen LogP contribution in [0.4, 0.5) is 0 Å². The molecule has 1 saturated heterocycles. The SMILES string of the molecule is CCCCN(Cn1c(=S)oc2ccccc21)C1CCS(=O)(=O)C1. The number of benzene rings is 1. The summed E-state index contributed by atoms with van der Waals surface area (Å²) < 4.78 is 31.3. The lowest BCUT2D eigenvalue weighted by Gasteiger charge is -2.28. The number of hydrogen-bond acceptors (Lipinski definition) is 5. The van der Waals surface area contributed by atoms with Crippen molar-refractivity contribution in [2.75, 3.05) is 18.1 Å². The smallest absolute Gasteiger partial charge is 0.270 e. The normalized spacial score (nSPS) is 20.5. The van der Waals surface area contributed by atoms with Gasteiger partial charge in [0.2, 0.25) is 0 Å². The highest BCUT2D eigenvalue weighted by molar-refractivity contribution is 7.91. The van der Waals surface area contributed by atoms with Crippen LogP contribution >= 0.6 is 12.2 Å². The summed E-state index contributed by atoms with van der Waals surface area (Å²) in [6.07, 6.45) is 2.82. The van der Waals surface area contributed by atoms with Gasteiger partial charge in [-0.2, -0.15) is 0 Å². The molecule has 3 rings (SSSR count). The number of para-hydroxylation sites is 2. The van der Waals surface area contributed by atoms with Gasteiger partial charge in [-0.25, -0.2) is 8.42 Å². The highest BCUT2D eigenvalue weighted by atomic mass is 32.2. The van der Waals surface area contributed by atoms with Crippen molar-refractivity contribution in [3.63, 3.8) is 0 Å². The Kier molecular flexibility index (Phi) is 4.89. The maximum absolute atomic E-state index is 11.8. The van der Waals surface area contributed by atoms with Crippen LogP contribution in [-0.4, -0.2) is 42.0 Å². The maximum atomic E-state index is 11.8. The first-order valence-corrected chi connectivity index (χ1v) is 10.3. The number of aromatic nitrogens is 1. The predicted octanol–water partition coefficient (Wildman–Crippen LogP) is 3.21. The molecule has 1 aliphatic heterocycles. The molecular formula is C16H22N2O3S2. The van der Waals surface area contributed by atoms with Crippen LogP contribution in [0.3, 0.4) is 0 Å². The van der Waals surface area contributed by atoms with Crippen molar-refractivity contribution in [1.29, 1.82) is 0 Å². The topological polar surface area (TPSA) is 55.5 Å². The fourth-order valence-electron chi connectivity index (χ4n) is 3.12. The van der Waals surface area contributed by atoms with Crippen LogP contribution in [0.15, 0.2) is 28.7 Å². The first-order valence-electron chi connectivity index (χ1n) is 8.03. The van der Waals surface area contributed by atoms with E-state index in [-0.39, 0.29) is 17.5 Å². The Hall–Kier alpha value is -1.18. The van der Waals surface area contributed by atoms with Gasteiger partial charge in [-0.15, -0.1) is 0 Å². The van der Waals surface area contributed by atoms with Crippen LogP contribution in [-0.2, 0) is 16.5 Å². The van der Waals surface area contributed by atoms with E-state index in [9.17, 15) is 8.42 Å².